The molecule has 1 unspecified atom stereocenters. The Labute approximate surface area is 85.5 Å². The molecule has 0 N–H and O–H groups in total. The Hall–Kier alpha value is -0.610. The number of rotatable bonds is 5. The molecule has 0 bridgehead atoms. The lowest BCUT2D eigenvalue weighted by atomic mass is 9.97. The lowest BCUT2D eigenvalue weighted by Crippen LogP contribution is -2.27. The standard InChI is InChI=1S/C10H20O4/c1-8(14-7-12-5)6-13-9(11)10(2,3)4/h8H,6-7H2,1-5H3. The molecule has 0 amide bonds. The van der Waals surface area contributed by atoms with Crippen LogP contribution in [0.2, 0.25) is 0 Å². The number of hydrogen-bond donors (Lipinski definition) is 0. The summed E-state index contributed by atoms with van der Waals surface area (Å²) in [6.07, 6.45) is -0.138. The summed E-state index contributed by atoms with van der Waals surface area (Å²) in [7, 11) is 1.55. The molecule has 0 heterocycles. The van der Waals surface area contributed by atoms with Crippen LogP contribution >= 0.6 is 0 Å². The quantitative estimate of drug-likeness (QED) is 0.504. The lowest BCUT2D eigenvalue weighted by molar-refractivity contribution is -0.159. The summed E-state index contributed by atoms with van der Waals surface area (Å²) in [5.41, 5.74) is -0.457. The van der Waals surface area contributed by atoms with Gasteiger partial charge in [-0.05, 0) is 27.7 Å². The van der Waals surface area contributed by atoms with Gasteiger partial charge in [-0.25, -0.2) is 0 Å². The van der Waals surface area contributed by atoms with E-state index in [-0.39, 0.29) is 25.5 Å². The zero-order chi connectivity index (χ0) is 11.2. The maximum Gasteiger partial charge on any atom is 0.311 e. The molecule has 0 aromatic carbocycles. The van der Waals surface area contributed by atoms with Gasteiger partial charge in [-0.3, -0.25) is 4.79 Å². The Bertz CT molecular complexity index is 171. The van der Waals surface area contributed by atoms with Crippen molar-refractivity contribution in [3.8, 4) is 0 Å². The van der Waals surface area contributed by atoms with Gasteiger partial charge in [-0.1, -0.05) is 0 Å². The third-order valence-corrected chi connectivity index (χ3v) is 1.53. The topological polar surface area (TPSA) is 44.8 Å². The number of esters is 1. The molecular formula is C10H20O4. The van der Waals surface area contributed by atoms with Gasteiger partial charge >= 0.3 is 5.97 Å². The van der Waals surface area contributed by atoms with E-state index >= 15 is 0 Å². The van der Waals surface area contributed by atoms with Crippen molar-refractivity contribution in [1.82, 2.24) is 0 Å². The molecule has 0 rings (SSSR count). The van der Waals surface area contributed by atoms with E-state index in [2.05, 4.69) is 0 Å². The van der Waals surface area contributed by atoms with Crippen molar-refractivity contribution in [1.29, 1.82) is 0 Å². The fourth-order valence-corrected chi connectivity index (χ4v) is 0.642. The van der Waals surface area contributed by atoms with Crippen molar-refractivity contribution in [2.75, 3.05) is 20.5 Å². The fraction of sp³-hybridized carbons (Fsp3) is 0.900. The van der Waals surface area contributed by atoms with Crippen molar-refractivity contribution in [2.45, 2.75) is 33.8 Å². The normalized spacial score (nSPS) is 13.8. The maximum absolute atomic E-state index is 11.3. The molecule has 0 aliphatic heterocycles. The number of methoxy groups -OCH3 is 1. The Morgan fingerprint density at radius 3 is 2.36 bits per heavy atom. The van der Waals surface area contributed by atoms with E-state index in [1.54, 1.807) is 7.11 Å². The average molecular weight is 204 g/mol. The first-order valence-electron chi connectivity index (χ1n) is 4.65. The van der Waals surface area contributed by atoms with Crippen molar-refractivity contribution >= 4 is 5.97 Å². The van der Waals surface area contributed by atoms with Crippen LogP contribution < -0.4 is 0 Å². The van der Waals surface area contributed by atoms with Crippen LogP contribution in [0.5, 0.6) is 0 Å². The van der Waals surface area contributed by atoms with Gasteiger partial charge in [-0.15, -0.1) is 0 Å². The molecule has 0 radical (unpaired) electrons. The summed E-state index contributed by atoms with van der Waals surface area (Å²) in [4.78, 5) is 11.3. The molecule has 0 aromatic heterocycles. The molecule has 0 saturated carbocycles. The molecule has 0 spiro atoms. The Morgan fingerprint density at radius 2 is 1.93 bits per heavy atom. The number of carbonyl (C=O) groups is 1. The summed E-state index contributed by atoms with van der Waals surface area (Å²) in [5.74, 6) is -0.217. The van der Waals surface area contributed by atoms with Gasteiger partial charge in [0.15, 0.2) is 0 Å². The van der Waals surface area contributed by atoms with E-state index in [1.807, 2.05) is 27.7 Å². The molecule has 0 fully saturated rings. The Morgan fingerprint density at radius 1 is 1.36 bits per heavy atom. The maximum atomic E-state index is 11.3. The second kappa shape index (κ2) is 5.98. The number of hydrogen-bond acceptors (Lipinski definition) is 4. The van der Waals surface area contributed by atoms with Gasteiger partial charge in [0.05, 0.1) is 11.5 Å². The third-order valence-electron chi connectivity index (χ3n) is 1.53. The van der Waals surface area contributed by atoms with Crippen LogP contribution in [-0.4, -0.2) is 32.6 Å². The van der Waals surface area contributed by atoms with Crippen molar-refractivity contribution in [3.05, 3.63) is 0 Å². The van der Waals surface area contributed by atoms with Crippen molar-refractivity contribution in [2.24, 2.45) is 5.41 Å². The van der Waals surface area contributed by atoms with Gasteiger partial charge in [-0.2, -0.15) is 0 Å². The molecular weight excluding hydrogens is 184 g/mol. The molecule has 0 aliphatic carbocycles. The van der Waals surface area contributed by atoms with E-state index in [1.165, 1.54) is 0 Å². The van der Waals surface area contributed by atoms with Crippen LogP contribution in [0.4, 0.5) is 0 Å². The highest BCUT2D eigenvalue weighted by Crippen LogP contribution is 2.15. The first-order valence-corrected chi connectivity index (χ1v) is 4.65. The van der Waals surface area contributed by atoms with E-state index in [0.29, 0.717) is 0 Å². The van der Waals surface area contributed by atoms with E-state index in [4.69, 9.17) is 14.2 Å². The zero-order valence-corrected chi connectivity index (χ0v) is 9.62. The van der Waals surface area contributed by atoms with Crippen LogP contribution in [0.25, 0.3) is 0 Å². The fourth-order valence-electron chi connectivity index (χ4n) is 0.642. The molecule has 14 heavy (non-hydrogen) atoms. The second-order valence-corrected chi connectivity index (χ2v) is 4.23. The van der Waals surface area contributed by atoms with Crippen LogP contribution in [0.3, 0.4) is 0 Å². The third kappa shape index (κ3) is 5.94. The summed E-state index contributed by atoms with van der Waals surface area (Å²) >= 11 is 0. The van der Waals surface area contributed by atoms with Gasteiger partial charge in [0, 0.05) is 7.11 Å². The predicted molar refractivity (Wildman–Crippen MR) is 52.8 cm³/mol. The van der Waals surface area contributed by atoms with Crippen LogP contribution in [0.15, 0.2) is 0 Å². The summed E-state index contributed by atoms with van der Waals surface area (Å²) in [5, 5.41) is 0. The van der Waals surface area contributed by atoms with E-state index < -0.39 is 5.41 Å². The first kappa shape index (κ1) is 13.4. The number of carbonyl (C=O) groups excluding carboxylic acids is 1. The summed E-state index contributed by atoms with van der Waals surface area (Å²) in [6, 6.07) is 0. The van der Waals surface area contributed by atoms with Crippen LogP contribution in [-0.2, 0) is 19.0 Å². The minimum absolute atomic E-state index is 0.138. The van der Waals surface area contributed by atoms with Gasteiger partial charge in [0.2, 0.25) is 0 Å². The number of ether oxygens (including phenoxy) is 3. The van der Waals surface area contributed by atoms with E-state index in [9.17, 15) is 4.79 Å². The minimum Gasteiger partial charge on any atom is -0.463 e. The Kier molecular flexibility index (Phi) is 5.72. The monoisotopic (exact) mass is 204 g/mol. The SMILES string of the molecule is COCOC(C)COC(=O)C(C)(C)C. The first-order chi connectivity index (χ1) is 6.38. The highest BCUT2D eigenvalue weighted by Gasteiger charge is 2.23. The molecule has 4 heteroatoms. The minimum atomic E-state index is -0.457. The molecule has 4 nitrogen and oxygen atoms in total. The highest BCUT2D eigenvalue weighted by molar-refractivity contribution is 5.75. The van der Waals surface area contributed by atoms with Crippen LogP contribution in [0, 0.1) is 5.41 Å². The van der Waals surface area contributed by atoms with Crippen molar-refractivity contribution < 1.29 is 19.0 Å². The second-order valence-electron chi connectivity index (χ2n) is 4.23. The summed E-state index contributed by atoms with van der Waals surface area (Å²) < 4.78 is 14.9. The molecule has 0 saturated heterocycles. The van der Waals surface area contributed by atoms with Crippen LogP contribution in [0.1, 0.15) is 27.7 Å². The molecule has 84 valence electrons. The summed E-state index contributed by atoms with van der Waals surface area (Å²) in [6.45, 7) is 7.75. The molecule has 0 aromatic rings. The molecule has 0 aliphatic rings. The van der Waals surface area contributed by atoms with E-state index in [0.717, 1.165) is 0 Å². The smallest absolute Gasteiger partial charge is 0.311 e. The zero-order valence-electron chi connectivity index (χ0n) is 9.62. The van der Waals surface area contributed by atoms with Gasteiger partial charge in [0.25, 0.3) is 0 Å². The largest absolute Gasteiger partial charge is 0.463 e. The van der Waals surface area contributed by atoms with Gasteiger partial charge < -0.3 is 14.2 Å². The lowest BCUT2D eigenvalue weighted by Gasteiger charge is -2.19. The highest BCUT2D eigenvalue weighted by atomic mass is 16.7. The average Bonchev–Trinajstić information content (AvgIpc) is 2.09. The predicted octanol–water partition coefficient (Wildman–Crippen LogP) is 1.58. The van der Waals surface area contributed by atoms with Crippen molar-refractivity contribution in [3.63, 3.8) is 0 Å². The Balaban J connectivity index is 3.67. The van der Waals surface area contributed by atoms with Gasteiger partial charge in [0.1, 0.15) is 13.4 Å². The molecule has 1 atom stereocenters.